The van der Waals surface area contributed by atoms with E-state index in [4.69, 9.17) is 23.2 Å². The van der Waals surface area contributed by atoms with Crippen molar-refractivity contribution in [2.45, 2.75) is 37.9 Å². The number of carbonyl (C=O) groups excluding carboxylic acids is 2. The molecular weight excluding hydrogens is 465 g/mol. The number of hydrogen-bond donors (Lipinski definition) is 2. The van der Waals surface area contributed by atoms with E-state index in [1.165, 1.54) is 6.08 Å². The van der Waals surface area contributed by atoms with Gasteiger partial charge in [-0.05, 0) is 55.0 Å². The van der Waals surface area contributed by atoms with Gasteiger partial charge in [-0.2, -0.15) is 0 Å². The van der Waals surface area contributed by atoms with Crippen molar-refractivity contribution in [3.8, 4) is 0 Å². The Hall–Kier alpha value is -1.64. The second-order valence-corrected chi connectivity index (χ2v) is 10.3. The highest BCUT2D eigenvalue weighted by atomic mass is 35.5. The first-order chi connectivity index (χ1) is 15.8. The van der Waals surface area contributed by atoms with Gasteiger partial charge in [0.15, 0.2) is 0 Å². The zero-order valence-electron chi connectivity index (χ0n) is 18.6. The maximum Gasteiger partial charge on any atom is 0.246 e. The van der Waals surface area contributed by atoms with Crippen LogP contribution in [-0.2, 0) is 9.59 Å². The summed E-state index contributed by atoms with van der Waals surface area (Å²) in [7, 11) is 0. The molecule has 2 N–H and O–H groups in total. The van der Waals surface area contributed by atoms with Crippen molar-refractivity contribution in [2.24, 2.45) is 5.41 Å². The average Bonchev–Trinajstić information content (AvgIpc) is 3.58. The van der Waals surface area contributed by atoms with Crippen molar-refractivity contribution in [1.82, 2.24) is 14.7 Å². The van der Waals surface area contributed by atoms with Gasteiger partial charge in [-0.25, -0.2) is 0 Å². The van der Waals surface area contributed by atoms with Crippen LogP contribution in [0.3, 0.4) is 0 Å². The molecule has 3 fully saturated rings. The molecule has 1 aliphatic carbocycles. The normalized spacial score (nSPS) is 24.4. The number of likely N-dealkylation sites (tertiary alicyclic amines) is 1. The van der Waals surface area contributed by atoms with Crippen LogP contribution in [-0.4, -0.2) is 94.7 Å². The molecule has 0 aromatic heterocycles. The van der Waals surface area contributed by atoms with Gasteiger partial charge < -0.3 is 20.0 Å². The molecule has 2 amide bonds. The van der Waals surface area contributed by atoms with E-state index in [9.17, 15) is 19.8 Å². The molecule has 7 nitrogen and oxygen atoms in total. The minimum absolute atomic E-state index is 0.0616. The fourth-order valence-corrected chi connectivity index (χ4v) is 5.07. The number of piperidine rings is 1. The summed E-state index contributed by atoms with van der Waals surface area (Å²) < 4.78 is 0. The summed E-state index contributed by atoms with van der Waals surface area (Å²) in [4.78, 5) is 30.6. The maximum atomic E-state index is 12.6. The number of hydrogen-bond acceptors (Lipinski definition) is 5. The maximum absolute atomic E-state index is 12.6. The molecule has 3 aliphatic rings. The van der Waals surface area contributed by atoms with E-state index < -0.39 is 6.10 Å². The molecule has 4 rings (SSSR count). The molecule has 2 atom stereocenters. The Balaban J connectivity index is 1.26. The monoisotopic (exact) mass is 495 g/mol. The number of carbonyl (C=O) groups is 2. The molecule has 1 aromatic carbocycles. The van der Waals surface area contributed by atoms with Gasteiger partial charge in [-0.15, -0.1) is 0 Å². The molecule has 2 heterocycles. The van der Waals surface area contributed by atoms with Crippen LogP contribution in [0.2, 0.25) is 10.0 Å². The van der Waals surface area contributed by atoms with Crippen molar-refractivity contribution in [1.29, 1.82) is 0 Å². The largest absolute Gasteiger partial charge is 0.391 e. The third kappa shape index (κ3) is 6.08. The number of rotatable bonds is 6. The van der Waals surface area contributed by atoms with Crippen LogP contribution in [0.4, 0.5) is 0 Å². The van der Waals surface area contributed by atoms with Crippen LogP contribution in [0, 0.1) is 5.41 Å². The Morgan fingerprint density at radius 3 is 2.61 bits per heavy atom. The van der Waals surface area contributed by atoms with E-state index in [0.717, 1.165) is 31.4 Å². The van der Waals surface area contributed by atoms with Crippen molar-refractivity contribution in [2.75, 3.05) is 45.8 Å². The van der Waals surface area contributed by atoms with E-state index in [1.54, 1.807) is 34.1 Å². The van der Waals surface area contributed by atoms with Crippen LogP contribution >= 0.6 is 23.2 Å². The van der Waals surface area contributed by atoms with E-state index in [2.05, 4.69) is 4.90 Å². The number of aliphatic hydroxyl groups is 2. The molecule has 9 heteroatoms. The third-order valence-electron chi connectivity index (χ3n) is 7.12. The molecule has 2 saturated heterocycles. The van der Waals surface area contributed by atoms with Gasteiger partial charge in [-0.1, -0.05) is 29.3 Å². The van der Waals surface area contributed by atoms with Gasteiger partial charge in [0.05, 0.1) is 22.3 Å². The van der Waals surface area contributed by atoms with Crippen molar-refractivity contribution in [3.63, 3.8) is 0 Å². The first-order valence-electron chi connectivity index (χ1n) is 11.5. The van der Waals surface area contributed by atoms with Crippen LogP contribution in [0.15, 0.2) is 24.3 Å². The number of halogens is 2. The van der Waals surface area contributed by atoms with Crippen molar-refractivity contribution in [3.05, 3.63) is 39.9 Å². The summed E-state index contributed by atoms with van der Waals surface area (Å²) >= 11 is 11.9. The van der Waals surface area contributed by atoms with Gasteiger partial charge in [0.1, 0.15) is 0 Å². The van der Waals surface area contributed by atoms with Gasteiger partial charge in [0.25, 0.3) is 0 Å². The second-order valence-electron chi connectivity index (χ2n) is 9.46. The average molecular weight is 496 g/mol. The number of nitrogens with zero attached hydrogens (tertiary/aromatic N) is 3. The highest BCUT2D eigenvalue weighted by Gasteiger charge is 2.51. The minimum atomic E-state index is -0.689. The van der Waals surface area contributed by atoms with Gasteiger partial charge in [0, 0.05) is 51.8 Å². The lowest BCUT2D eigenvalue weighted by atomic mass is 9.90. The fraction of sp³-hybridized carbons (Fsp3) is 0.583. The van der Waals surface area contributed by atoms with Crippen molar-refractivity contribution < 1.29 is 19.8 Å². The first-order valence-corrected chi connectivity index (χ1v) is 12.3. The molecule has 1 unspecified atom stereocenters. The number of aliphatic hydroxyl groups excluding tert-OH is 2. The first kappa shape index (κ1) is 24.5. The highest BCUT2D eigenvalue weighted by Crippen LogP contribution is 2.53. The molecule has 1 saturated carbocycles. The molecule has 2 aliphatic heterocycles. The predicted octanol–water partition coefficient (Wildman–Crippen LogP) is 2.28. The summed E-state index contributed by atoms with van der Waals surface area (Å²) in [6, 6.07) is 5.14. The van der Waals surface area contributed by atoms with Gasteiger partial charge >= 0.3 is 0 Å². The number of β-amino-alcohol motifs (C(OH)–C–C–N with tert-alkyl or cyclic N) is 2. The summed E-state index contributed by atoms with van der Waals surface area (Å²) in [5, 5.41) is 21.8. The van der Waals surface area contributed by atoms with E-state index >= 15 is 0 Å². The van der Waals surface area contributed by atoms with Crippen LogP contribution in [0.1, 0.15) is 31.2 Å². The summed E-state index contributed by atoms with van der Waals surface area (Å²) in [6.45, 7) is 3.26. The Bertz CT molecular complexity index is 921. The Kier molecular flexibility index (Phi) is 7.66. The zero-order valence-corrected chi connectivity index (χ0v) is 20.1. The Labute approximate surface area is 204 Å². The van der Waals surface area contributed by atoms with Gasteiger partial charge in [0.2, 0.25) is 11.8 Å². The lowest BCUT2D eigenvalue weighted by Crippen LogP contribution is -2.49. The van der Waals surface area contributed by atoms with E-state index in [-0.39, 0.29) is 36.3 Å². The smallest absolute Gasteiger partial charge is 0.246 e. The second kappa shape index (κ2) is 10.3. The van der Waals surface area contributed by atoms with Crippen LogP contribution in [0.5, 0.6) is 0 Å². The summed E-state index contributed by atoms with van der Waals surface area (Å²) in [5.74, 6) is -0.235. The lowest BCUT2D eigenvalue weighted by Gasteiger charge is -2.37. The molecule has 1 aromatic rings. The highest BCUT2D eigenvalue weighted by molar-refractivity contribution is 6.42. The van der Waals surface area contributed by atoms with Crippen LogP contribution < -0.4 is 0 Å². The zero-order chi connectivity index (χ0) is 23.6. The third-order valence-corrected chi connectivity index (χ3v) is 7.86. The minimum Gasteiger partial charge on any atom is -0.391 e. The van der Waals surface area contributed by atoms with E-state index in [1.807, 2.05) is 0 Å². The standard InChI is InChI=1S/C24H31Cl2N3O4/c25-19-3-1-17(13-20(19)26)2-4-22(32)28-9-5-23(33)29(12-11-28)15-18(30)14-27-10-8-24(6-7-24)21(31)16-27/h1-4,13,18,21,30-31H,5-12,14-16H2/b4-2+/t18-,21?/m1/s1. The summed E-state index contributed by atoms with van der Waals surface area (Å²) in [5.41, 5.74) is 0.899. The molecule has 33 heavy (non-hydrogen) atoms. The quantitative estimate of drug-likeness (QED) is 0.591. The van der Waals surface area contributed by atoms with Gasteiger partial charge in [-0.3, -0.25) is 14.5 Å². The molecular formula is C24H31Cl2N3O4. The Morgan fingerprint density at radius 1 is 1.12 bits per heavy atom. The fourth-order valence-electron chi connectivity index (χ4n) is 4.77. The number of amides is 2. The van der Waals surface area contributed by atoms with Crippen LogP contribution in [0.25, 0.3) is 6.08 Å². The predicted molar refractivity (Wildman–Crippen MR) is 128 cm³/mol. The number of benzene rings is 1. The Morgan fingerprint density at radius 2 is 1.91 bits per heavy atom. The SMILES string of the molecule is O=C(/C=C/c1ccc(Cl)c(Cl)c1)N1CCC(=O)N(C[C@H](O)CN2CCC3(CC3)C(O)C2)CC1. The van der Waals surface area contributed by atoms with Crippen molar-refractivity contribution >= 4 is 41.1 Å². The molecule has 0 bridgehead atoms. The molecule has 180 valence electrons. The molecule has 0 radical (unpaired) electrons. The summed E-state index contributed by atoms with van der Waals surface area (Å²) in [6.07, 6.45) is 5.54. The lowest BCUT2D eigenvalue weighted by molar-refractivity contribution is -0.132. The topological polar surface area (TPSA) is 84.3 Å². The molecule has 1 spiro atoms. The van der Waals surface area contributed by atoms with E-state index in [0.29, 0.717) is 42.8 Å².